The van der Waals surface area contributed by atoms with E-state index in [0.717, 1.165) is 0 Å². The number of halogens is 1. The van der Waals surface area contributed by atoms with Gasteiger partial charge in [-0.2, -0.15) is 9.40 Å². The Morgan fingerprint density at radius 3 is 2.77 bits per heavy atom. The van der Waals surface area contributed by atoms with Crippen LogP contribution in [-0.4, -0.2) is 40.3 Å². The van der Waals surface area contributed by atoms with Crippen molar-refractivity contribution in [3.8, 4) is 0 Å². The lowest BCUT2D eigenvalue weighted by Crippen LogP contribution is -2.33. The van der Waals surface area contributed by atoms with Crippen molar-refractivity contribution >= 4 is 10.0 Å². The normalized spacial score (nSPS) is 23.0. The number of aliphatic hydroxyl groups is 1. The molecule has 8 heteroatoms. The SMILES string of the molecule is Cn1nccc1S(=O)(=O)N1C[C@@H](O)C[C@@H]1c1cccc(F)c1. The second-order valence-corrected chi connectivity index (χ2v) is 7.17. The molecule has 0 radical (unpaired) electrons. The van der Waals surface area contributed by atoms with Gasteiger partial charge in [0.25, 0.3) is 10.0 Å². The van der Waals surface area contributed by atoms with Crippen LogP contribution >= 0.6 is 0 Å². The quantitative estimate of drug-likeness (QED) is 0.915. The van der Waals surface area contributed by atoms with Gasteiger partial charge in [-0.05, 0) is 30.2 Å². The van der Waals surface area contributed by atoms with Gasteiger partial charge in [0.1, 0.15) is 5.82 Å². The molecule has 0 amide bonds. The first kappa shape index (κ1) is 15.1. The molecule has 2 heterocycles. The van der Waals surface area contributed by atoms with Crippen LogP contribution in [0.1, 0.15) is 18.0 Å². The summed E-state index contributed by atoms with van der Waals surface area (Å²) in [5, 5.41) is 13.8. The first-order valence-corrected chi connectivity index (χ1v) is 8.27. The van der Waals surface area contributed by atoms with Crippen molar-refractivity contribution in [1.29, 1.82) is 0 Å². The molecule has 1 aromatic carbocycles. The predicted molar refractivity (Wildman–Crippen MR) is 76.9 cm³/mol. The van der Waals surface area contributed by atoms with E-state index in [4.69, 9.17) is 0 Å². The molecule has 1 saturated heterocycles. The fraction of sp³-hybridized carbons (Fsp3) is 0.357. The van der Waals surface area contributed by atoms with Crippen LogP contribution in [0.25, 0.3) is 0 Å². The number of aryl methyl sites for hydroxylation is 1. The molecule has 0 unspecified atom stereocenters. The standard InChI is InChI=1S/C14H16FN3O3S/c1-17-14(5-6-16-17)22(20,21)18-9-12(19)8-13(18)10-3-2-4-11(15)7-10/h2-7,12-13,19H,8-9H2,1H3/t12-,13+/m0/s1. The molecule has 1 aliphatic rings. The lowest BCUT2D eigenvalue weighted by Gasteiger charge is -2.24. The van der Waals surface area contributed by atoms with Crippen LogP contribution in [-0.2, 0) is 17.1 Å². The van der Waals surface area contributed by atoms with Gasteiger partial charge in [0.2, 0.25) is 0 Å². The van der Waals surface area contributed by atoms with Crippen molar-refractivity contribution < 1.29 is 17.9 Å². The minimum Gasteiger partial charge on any atom is -0.392 e. The maximum atomic E-state index is 13.4. The van der Waals surface area contributed by atoms with E-state index >= 15 is 0 Å². The summed E-state index contributed by atoms with van der Waals surface area (Å²) in [6.45, 7) is -0.0192. The fourth-order valence-corrected chi connectivity index (χ4v) is 4.57. The molecule has 0 bridgehead atoms. The maximum absolute atomic E-state index is 13.4. The van der Waals surface area contributed by atoms with Crippen LogP contribution in [0.4, 0.5) is 4.39 Å². The minimum absolute atomic E-state index is 0.0192. The molecule has 2 atom stereocenters. The van der Waals surface area contributed by atoms with Gasteiger partial charge in [-0.25, -0.2) is 12.8 Å². The lowest BCUT2D eigenvalue weighted by atomic mass is 10.0. The average Bonchev–Trinajstić information content (AvgIpc) is 3.05. The summed E-state index contributed by atoms with van der Waals surface area (Å²) >= 11 is 0. The number of hydrogen-bond donors (Lipinski definition) is 1. The monoisotopic (exact) mass is 325 g/mol. The summed E-state index contributed by atoms with van der Waals surface area (Å²) in [5.41, 5.74) is 0.530. The van der Waals surface area contributed by atoms with Crippen molar-refractivity contribution in [2.45, 2.75) is 23.6 Å². The van der Waals surface area contributed by atoms with Crippen molar-refractivity contribution in [3.05, 3.63) is 47.9 Å². The molecule has 1 fully saturated rings. The van der Waals surface area contributed by atoms with E-state index < -0.39 is 28.0 Å². The van der Waals surface area contributed by atoms with Crippen LogP contribution in [0, 0.1) is 5.82 Å². The van der Waals surface area contributed by atoms with E-state index in [2.05, 4.69) is 5.10 Å². The first-order chi connectivity index (χ1) is 10.4. The zero-order valence-electron chi connectivity index (χ0n) is 11.9. The third-order valence-corrected chi connectivity index (χ3v) is 5.77. The Balaban J connectivity index is 2.03. The molecule has 3 rings (SSSR count). The van der Waals surface area contributed by atoms with Crippen LogP contribution in [0.3, 0.4) is 0 Å². The van der Waals surface area contributed by atoms with Gasteiger partial charge in [-0.15, -0.1) is 0 Å². The third-order valence-electron chi connectivity index (χ3n) is 3.82. The van der Waals surface area contributed by atoms with Crippen molar-refractivity contribution in [2.75, 3.05) is 6.54 Å². The molecule has 2 aromatic rings. The van der Waals surface area contributed by atoms with E-state index in [0.29, 0.717) is 5.56 Å². The third kappa shape index (κ3) is 2.53. The highest BCUT2D eigenvalue weighted by Gasteiger charge is 2.41. The Bertz CT molecular complexity index is 790. The average molecular weight is 325 g/mol. The van der Waals surface area contributed by atoms with E-state index in [1.54, 1.807) is 6.07 Å². The Morgan fingerprint density at radius 1 is 1.36 bits per heavy atom. The van der Waals surface area contributed by atoms with Gasteiger partial charge in [0, 0.05) is 13.6 Å². The number of aliphatic hydroxyl groups excluding tert-OH is 1. The fourth-order valence-electron chi connectivity index (χ4n) is 2.80. The highest BCUT2D eigenvalue weighted by Crippen LogP contribution is 2.36. The van der Waals surface area contributed by atoms with Gasteiger partial charge in [-0.3, -0.25) is 4.68 Å². The number of β-amino-alcohol motifs (C(OH)–C–C–N with tert-alkyl or cyclic N) is 1. The van der Waals surface area contributed by atoms with Gasteiger partial charge >= 0.3 is 0 Å². The molecule has 0 aliphatic carbocycles. The summed E-state index contributed by atoms with van der Waals surface area (Å²) in [4.78, 5) is 0. The van der Waals surface area contributed by atoms with Crippen LogP contribution in [0.2, 0.25) is 0 Å². The summed E-state index contributed by atoms with van der Waals surface area (Å²) in [5.74, 6) is -0.434. The van der Waals surface area contributed by atoms with Crippen molar-refractivity contribution in [1.82, 2.24) is 14.1 Å². The minimum atomic E-state index is -3.82. The van der Waals surface area contributed by atoms with Gasteiger partial charge in [-0.1, -0.05) is 12.1 Å². The highest BCUT2D eigenvalue weighted by molar-refractivity contribution is 7.89. The molecule has 1 aliphatic heterocycles. The number of sulfonamides is 1. The zero-order chi connectivity index (χ0) is 15.9. The Kier molecular flexibility index (Phi) is 3.75. The molecule has 1 aromatic heterocycles. The largest absolute Gasteiger partial charge is 0.392 e. The molecule has 6 nitrogen and oxygen atoms in total. The van der Waals surface area contributed by atoms with Crippen LogP contribution in [0.15, 0.2) is 41.6 Å². The Morgan fingerprint density at radius 2 is 2.14 bits per heavy atom. The second-order valence-electron chi connectivity index (χ2n) is 5.33. The van der Waals surface area contributed by atoms with E-state index in [9.17, 15) is 17.9 Å². The molecular weight excluding hydrogens is 309 g/mol. The van der Waals surface area contributed by atoms with Crippen molar-refractivity contribution in [2.24, 2.45) is 7.05 Å². The van der Waals surface area contributed by atoms with E-state index in [-0.39, 0.29) is 18.0 Å². The van der Waals surface area contributed by atoms with E-state index in [1.807, 2.05) is 0 Å². The molecule has 1 N–H and O–H groups in total. The molecule has 118 valence electrons. The number of rotatable bonds is 3. The molecule has 22 heavy (non-hydrogen) atoms. The second kappa shape index (κ2) is 5.45. The van der Waals surface area contributed by atoms with E-state index in [1.165, 1.54) is 46.5 Å². The zero-order valence-corrected chi connectivity index (χ0v) is 12.7. The summed E-state index contributed by atoms with van der Waals surface area (Å²) in [7, 11) is -2.28. The molecule has 0 spiro atoms. The summed E-state index contributed by atoms with van der Waals surface area (Å²) in [6.07, 6.45) is 0.855. The first-order valence-electron chi connectivity index (χ1n) is 6.83. The number of aromatic nitrogens is 2. The van der Waals surface area contributed by atoms with Gasteiger partial charge in [0.05, 0.1) is 18.3 Å². The van der Waals surface area contributed by atoms with Crippen molar-refractivity contribution in [3.63, 3.8) is 0 Å². The van der Waals surface area contributed by atoms with Crippen LogP contribution in [0.5, 0.6) is 0 Å². The van der Waals surface area contributed by atoms with Gasteiger partial charge in [0.15, 0.2) is 5.03 Å². The topological polar surface area (TPSA) is 75.4 Å². The summed E-state index contributed by atoms with van der Waals surface area (Å²) in [6, 6.07) is 6.61. The number of nitrogens with zero attached hydrogens (tertiary/aromatic N) is 3. The predicted octanol–water partition coefficient (Wildman–Crippen LogP) is 1.06. The number of benzene rings is 1. The highest BCUT2D eigenvalue weighted by atomic mass is 32.2. The molecule has 0 saturated carbocycles. The maximum Gasteiger partial charge on any atom is 0.260 e. The van der Waals surface area contributed by atoms with Crippen LogP contribution < -0.4 is 0 Å². The Hall–Kier alpha value is -1.77. The smallest absolute Gasteiger partial charge is 0.260 e. The van der Waals surface area contributed by atoms with Gasteiger partial charge < -0.3 is 5.11 Å². The number of hydrogen-bond acceptors (Lipinski definition) is 4. The summed E-state index contributed by atoms with van der Waals surface area (Å²) < 4.78 is 41.5. The lowest BCUT2D eigenvalue weighted by molar-refractivity contribution is 0.188. The molecular formula is C14H16FN3O3S. The Labute approximate surface area is 127 Å².